The highest BCUT2D eigenvalue weighted by molar-refractivity contribution is 9.10. The maximum atomic E-state index is 10.0. The van der Waals surface area contributed by atoms with Gasteiger partial charge in [-0.25, -0.2) is 0 Å². The van der Waals surface area contributed by atoms with Crippen molar-refractivity contribution in [2.45, 2.75) is 37.6 Å². The Labute approximate surface area is 139 Å². The number of hydrogen-bond donors (Lipinski definition) is 3. The number of rotatable bonds is 2. The molecular formula is C14H15BrClNO5. The normalized spacial score (nSPS) is 34.3. The van der Waals surface area contributed by atoms with Crippen molar-refractivity contribution in [3.05, 3.63) is 32.2 Å². The third-order valence-corrected chi connectivity index (χ3v) is 5.09. The zero-order valence-electron chi connectivity index (χ0n) is 11.6. The van der Waals surface area contributed by atoms with Gasteiger partial charge in [0, 0.05) is 4.47 Å². The first-order valence-corrected chi connectivity index (χ1v) is 7.95. The Balaban J connectivity index is 1.94. The minimum absolute atomic E-state index is 0.269. The highest BCUT2D eigenvalue weighted by Crippen LogP contribution is 2.25. The quantitative estimate of drug-likeness (QED) is 0.642. The van der Waals surface area contributed by atoms with Gasteiger partial charge in [0.2, 0.25) is 6.29 Å². The molecule has 6 nitrogen and oxygen atoms in total. The molecule has 1 aromatic rings. The molecule has 2 aliphatic heterocycles. The van der Waals surface area contributed by atoms with Crippen LogP contribution in [0, 0.1) is 0 Å². The van der Waals surface area contributed by atoms with Gasteiger partial charge in [0.25, 0.3) is 0 Å². The van der Waals surface area contributed by atoms with Gasteiger partial charge >= 0.3 is 0 Å². The Kier molecular flexibility index (Phi) is 4.46. The third kappa shape index (κ3) is 2.66. The molecule has 1 saturated heterocycles. The molecule has 3 N–H and O–H groups in total. The highest BCUT2D eigenvalue weighted by atomic mass is 79.9. The molecule has 8 heteroatoms. The topological polar surface area (TPSA) is 91.5 Å². The fraction of sp³-hybridized carbons (Fsp3) is 0.500. The molecule has 3 rings (SSSR count). The van der Waals surface area contributed by atoms with E-state index in [0.717, 1.165) is 0 Å². The highest BCUT2D eigenvalue weighted by Gasteiger charge is 2.43. The second-order valence-electron chi connectivity index (χ2n) is 5.29. The van der Waals surface area contributed by atoms with E-state index >= 15 is 0 Å². The predicted molar refractivity (Wildman–Crippen MR) is 81.6 cm³/mol. The molecule has 1 fully saturated rings. The number of aliphatic hydroxyl groups is 3. The predicted octanol–water partition coefficient (Wildman–Crippen LogP) is -0.312. The van der Waals surface area contributed by atoms with Gasteiger partial charge in [-0.2, -0.15) is 0 Å². The van der Waals surface area contributed by atoms with Crippen LogP contribution in [0.2, 0.25) is 5.02 Å². The number of benzene rings is 1. The SMILES string of the molecule is C[C@@H]1O[C@@H](OC2=c3c(Cl)c(Br)ccc3=NC2)[C@@H](O)[C@@H](O)[C@H]1O. The first-order chi connectivity index (χ1) is 10.4. The Bertz CT molecular complexity index is 712. The lowest BCUT2D eigenvalue weighted by molar-refractivity contribution is -0.276. The fourth-order valence-corrected chi connectivity index (χ4v) is 3.12. The molecule has 0 saturated carbocycles. The molecule has 120 valence electrons. The fourth-order valence-electron chi connectivity index (χ4n) is 2.52. The number of hydrogen-bond acceptors (Lipinski definition) is 6. The van der Waals surface area contributed by atoms with Crippen molar-refractivity contribution in [2.24, 2.45) is 4.99 Å². The maximum absolute atomic E-state index is 10.0. The molecule has 0 radical (unpaired) electrons. The molecular weight excluding hydrogens is 378 g/mol. The van der Waals surface area contributed by atoms with Crippen molar-refractivity contribution in [3.63, 3.8) is 0 Å². The van der Waals surface area contributed by atoms with Crippen LogP contribution >= 0.6 is 27.5 Å². The van der Waals surface area contributed by atoms with E-state index in [4.69, 9.17) is 21.1 Å². The van der Waals surface area contributed by atoms with E-state index in [1.165, 1.54) is 0 Å². The minimum atomic E-state index is -1.37. The third-order valence-electron chi connectivity index (χ3n) is 3.81. The van der Waals surface area contributed by atoms with Gasteiger partial charge in [-0.3, -0.25) is 4.99 Å². The Hall–Kier alpha value is -0.700. The summed E-state index contributed by atoms with van der Waals surface area (Å²) in [5, 5.41) is 31.3. The van der Waals surface area contributed by atoms with Crippen LogP contribution in [0.25, 0.3) is 5.76 Å². The maximum Gasteiger partial charge on any atom is 0.228 e. The van der Waals surface area contributed by atoms with E-state index in [1.807, 2.05) is 0 Å². The van der Waals surface area contributed by atoms with E-state index in [0.29, 0.717) is 25.8 Å². The van der Waals surface area contributed by atoms with Gasteiger partial charge in [0.15, 0.2) is 0 Å². The van der Waals surface area contributed by atoms with Crippen LogP contribution < -0.4 is 10.6 Å². The van der Waals surface area contributed by atoms with Crippen LogP contribution in [-0.2, 0) is 9.47 Å². The molecule has 0 unspecified atom stereocenters. The Morgan fingerprint density at radius 2 is 2.00 bits per heavy atom. The molecule has 0 amide bonds. The second-order valence-corrected chi connectivity index (χ2v) is 6.53. The van der Waals surface area contributed by atoms with Crippen LogP contribution in [0.3, 0.4) is 0 Å². The zero-order chi connectivity index (χ0) is 16.0. The molecule has 0 spiro atoms. The van der Waals surface area contributed by atoms with Crippen LogP contribution in [0.15, 0.2) is 21.6 Å². The summed E-state index contributed by atoms with van der Waals surface area (Å²) in [7, 11) is 0. The van der Waals surface area contributed by atoms with E-state index in [2.05, 4.69) is 20.9 Å². The zero-order valence-corrected chi connectivity index (χ0v) is 14.0. The van der Waals surface area contributed by atoms with Gasteiger partial charge in [0.05, 0.1) is 28.2 Å². The van der Waals surface area contributed by atoms with E-state index < -0.39 is 30.7 Å². The van der Waals surface area contributed by atoms with Gasteiger partial charge < -0.3 is 24.8 Å². The smallest absolute Gasteiger partial charge is 0.228 e. The van der Waals surface area contributed by atoms with Gasteiger partial charge in [0.1, 0.15) is 24.1 Å². The van der Waals surface area contributed by atoms with Crippen molar-refractivity contribution in [1.29, 1.82) is 0 Å². The van der Waals surface area contributed by atoms with Gasteiger partial charge in [-0.05, 0) is 35.0 Å². The van der Waals surface area contributed by atoms with Crippen molar-refractivity contribution in [1.82, 2.24) is 0 Å². The number of fused-ring (bicyclic) bond motifs is 1. The summed E-state index contributed by atoms with van der Waals surface area (Å²) in [5.41, 5.74) is 0. The lowest BCUT2D eigenvalue weighted by atomic mass is 10.00. The average Bonchev–Trinajstić information content (AvgIpc) is 2.90. The van der Waals surface area contributed by atoms with E-state index in [1.54, 1.807) is 19.1 Å². The first kappa shape index (κ1) is 16.2. The molecule has 5 atom stereocenters. The van der Waals surface area contributed by atoms with Crippen molar-refractivity contribution in [2.75, 3.05) is 6.54 Å². The van der Waals surface area contributed by atoms with Crippen LogP contribution in [0.1, 0.15) is 6.92 Å². The lowest BCUT2D eigenvalue weighted by Gasteiger charge is -2.39. The summed E-state index contributed by atoms with van der Waals surface area (Å²) in [6.45, 7) is 1.86. The van der Waals surface area contributed by atoms with Crippen molar-refractivity contribution in [3.8, 4) is 0 Å². The van der Waals surface area contributed by atoms with Gasteiger partial charge in [-0.15, -0.1) is 0 Å². The minimum Gasteiger partial charge on any atom is -0.464 e. The van der Waals surface area contributed by atoms with Crippen LogP contribution in [-0.4, -0.2) is 52.6 Å². The number of nitrogens with zero attached hydrogens (tertiary/aromatic N) is 1. The number of aliphatic hydroxyl groups excluding tert-OH is 3. The van der Waals surface area contributed by atoms with Crippen LogP contribution in [0.4, 0.5) is 0 Å². The number of halogens is 2. The monoisotopic (exact) mass is 391 g/mol. The van der Waals surface area contributed by atoms with Gasteiger partial charge in [-0.1, -0.05) is 11.6 Å². The van der Waals surface area contributed by atoms with E-state index in [9.17, 15) is 15.3 Å². The van der Waals surface area contributed by atoms with Crippen molar-refractivity contribution >= 4 is 33.3 Å². The molecule has 2 aliphatic rings. The lowest BCUT2D eigenvalue weighted by Crippen LogP contribution is -2.57. The summed E-state index contributed by atoms with van der Waals surface area (Å²) < 4.78 is 11.8. The van der Waals surface area contributed by atoms with E-state index in [-0.39, 0.29) is 6.54 Å². The summed E-state index contributed by atoms with van der Waals surface area (Å²) in [6.07, 6.45) is -5.64. The molecule has 0 aromatic heterocycles. The second kappa shape index (κ2) is 6.07. The van der Waals surface area contributed by atoms with Crippen molar-refractivity contribution < 1.29 is 24.8 Å². The molecule has 22 heavy (non-hydrogen) atoms. The summed E-state index contributed by atoms with van der Waals surface area (Å²) >= 11 is 9.61. The largest absolute Gasteiger partial charge is 0.464 e. The summed E-state index contributed by atoms with van der Waals surface area (Å²) in [4.78, 5) is 4.31. The Morgan fingerprint density at radius 1 is 1.27 bits per heavy atom. The Morgan fingerprint density at radius 3 is 2.73 bits per heavy atom. The first-order valence-electron chi connectivity index (χ1n) is 6.78. The summed E-state index contributed by atoms with van der Waals surface area (Å²) in [5.74, 6) is 0.459. The average molecular weight is 393 g/mol. The molecule has 1 aromatic carbocycles. The molecule has 0 bridgehead atoms. The molecule has 2 heterocycles. The standard InChI is InChI=1S/C14H15BrClNO5/c1-5-11(18)12(19)13(20)14(21-5)22-8-4-17-7-3-2-6(15)10(16)9(7)8/h2-3,5,11-14,18-20H,4H2,1H3/t5-,11-,12-,13-,14-/m0/s1. The van der Waals surface area contributed by atoms with Crippen LogP contribution in [0.5, 0.6) is 0 Å². The number of ether oxygens (including phenoxy) is 2. The summed E-state index contributed by atoms with van der Waals surface area (Å²) in [6, 6.07) is 3.60. The molecule has 0 aliphatic carbocycles.